The zero-order valence-corrected chi connectivity index (χ0v) is 6.52. The van der Waals surface area contributed by atoms with Gasteiger partial charge in [-0.05, 0) is 0 Å². The minimum absolute atomic E-state index is 0.206. The molecule has 0 fully saturated rings. The lowest BCUT2D eigenvalue weighted by Gasteiger charge is -1.48. The Bertz CT molecular complexity index is 21.2. The average molecular weight is 283 g/mol. The first-order valence-corrected chi connectivity index (χ1v) is 8.01. The molecule has 0 atom stereocenters. The Morgan fingerprint density at radius 1 is 2.00 bits per heavy atom. The minimum Gasteiger partial charge on any atom is -0.256 e. The van der Waals surface area contributed by atoms with Gasteiger partial charge in [0.15, 0.2) is 0 Å². The third-order valence-electron chi connectivity index (χ3n) is 0.0639. The van der Waals surface area contributed by atoms with Gasteiger partial charge in [-0.1, -0.05) is 0 Å². The highest BCUT2D eigenvalue weighted by Crippen LogP contribution is 2.07. The van der Waals surface area contributed by atoms with E-state index in [1.54, 1.807) is 0 Å². The molecule has 0 radical (unpaired) electrons. The number of hydrogen-bond acceptors (Lipinski definition) is 1. The molecule has 1 nitrogen and oxygen atoms in total. The Balaban J connectivity index is 2.55. The maximum Gasteiger partial charge on any atom is 0.0628 e. The Labute approximate surface area is 45.5 Å². The van der Waals surface area contributed by atoms with Crippen molar-refractivity contribution < 1.29 is 0 Å². The van der Waals surface area contributed by atoms with Crippen LogP contribution in [-0.2, 0) is 0 Å². The lowest BCUT2D eigenvalue weighted by atomic mass is 11.6. The Hall–Kier alpha value is 1.26. The first-order valence-electron chi connectivity index (χ1n) is 0.759. The maximum atomic E-state index is 3.83. The number of halogens is 2. The quantitative estimate of drug-likeness (QED) is 0.604. The molecule has 0 amide bonds. The van der Waals surface area contributed by atoms with E-state index in [0.717, 1.165) is 0 Å². The molecule has 0 aliphatic rings. The van der Waals surface area contributed by atoms with Gasteiger partial charge >= 0.3 is 0 Å². The maximum absolute atomic E-state index is 3.83. The molecular weight excluding hydrogens is 280 g/mol. The van der Waals surface area contributed by atoms with E-state index < -0.39 is 0 Å². The summed E-state index contributed by atoms with van der Waals surface area (Å²) in [6, 6.07) is 0. The zero-order valence-electron chi connectivity index (χ0n) is 2.20. The highest BCUT2D eigenvalue weighted by molar-refractivity contribution is 15.0. The minimum atomic E-state index is 0.206. The molecule has 26 valence electrons. The van der Waals surface area contributed by atoms with Crippen molar-refractivity contribution in [2.75, 3.05) is 7.05 Å². The van der Waals surface area contributed by atoms with Gasteiger partial charge in [0.2, 0.25) is 0 Å². The van der Waals surface area contributed by atoms with Crippen LogP contribution in [0.1, 0.15) is 0 Å². The van der Waals surface area contributed by atoms with E-state index in [9.17, 15) is 0 Å². The van der Waals surface area contributed by atoms with Crippen LogP contribution in [0.5, 0.6) is 0 Å². The van der Waals surface area contributed by atoms with Gasteiger partial charge in [0.05, 0.1) is 17.1 Å². The summed E-state index contributed by atoms with van der Waals surface area (Å²) in [7, 11) is 1.85. The first kappa shape index (κ1) is 5.26. The second kappa shape index (κ2) is 4.26. The molecule has 0 aliphatic carbocycles. The van der Waals surface area contributed by atoms with Gasteiger partial charge in [-0.25, -0.2) is 0 Å². The Morgan fingerprint density at radius 2 is 2.25 bits per heavy atom. The van der Waals surface area contributed by atoms with Crippen molar-refractivity contribution in [3.05, 3.63) is 0 Å². The van der Waals surface area contributed by atoms with E-state index in [4.69, 9.17) is 0 Å². The molecule has 0 aromatic rings. The van der Waals surface area contributed by atoms with Crippen LogP contribution in [0.3, 0.4) is 0 Å². The first-order chi connectivity index (χ1) is 1.91. The normalized spacial score (nSPS) is 11.5. The lowest BCUT2D eigenvalue weighted by Crippen LogP contribution is -1.17. The molecule has 0 aliphatic heterocycles. The van der Waals surface area contributed by atoms with Crippen molar-refractivity contribution >= 4 is 35.7 Å². The van der Waals surface area contributed by atoms with E-state index in [1.165, 1.54) is 0 Å². The van der Waals surface area contributed by atoms with Crippen LogP contribution >= 0.6 is 35.7 Å². The molecule has 0 bridgehead atoms. The molecule has 0 aromatic heterocycles. The Kier molecular flexibility index (Phi) is 5.60. The van der Waals surface area contributed by atoms with Crippen LogP contribution in [0.15, 0.2) is 3.15 Å². The van der Waals surface area contributed by atoms with Crippen molar-refractivity contribution in [2.45, 2.75) is 0 Å². The van der Waals surface area contributed by atoms with Crippen molar-refractivity contribution in [1.29, 1.82) is 0 Å². The van der Waals surface area contributed by atoms with E-state index in [0.29, 0.717) is 0 Å². The average Bonchev–Trinajstić information content (AvgIpc) is 1.37. The summed E-state index contributed by atoms with van der Waals surface area (Å²) in [6.07, 6.45) is 0. The second-order valence-corrected chi connectivity index (χ2v) is 4.01. The fourth-order valence-corrected chi connectivity index (χ4v) is 0. The molecule has 0 spiro atoms. The van der Waals surface area contributed by atoms with Crippen molar-refractivity contribution in [3.63, 3.8) is 0 Å². The molecular formula is CH3I2N. The van der Waals surface area contributed by atoms with Crippen molar-refractivity contribution in [1.82, 2.24) is 0 Å². The van der Waals surface area contributed by atoms with E-state index in [1.807, 2.05) is 7.05 Å². The molecule has 4 heavy (non-hydrogen) atoms. The van der Waals surface area contributed by atoms with Crippen LogP contribution in [0.4, 0.5) is 0 Å². The van der Waals surface area contributed by atoms with Crippen molar-refractivity contribution in [3.8, 4) is 0 Å². The van der Waals surface area contributed by atoms with E-state index in [-0.39, 0.29) is 17.1 Å². The van der Waals surface area contributed by atoms with Gasteiger partial charge in [-0.2, -0.15) is 0 Å². The summed E-state index contributed by atoms with van der Waals surface area (Å²) < 4.78 is 3.83. The molecule has 0 heterocycles. The van der Waals surface area contributed by atoms with Gasteiger partial charge in [0.25, 0.3) is 0 Å². The van der Waals surface area contributed by atoms with Crippen molar-refractivity contribution in [2.24, 2.45) is 3.15 Å². The standard InChI is InChI=1S/CH3I2N/c1-4-3-2/h1H3. The lowest BCUT2D eigenvalue weighted by molar-refractivity contribution is 1.55. The van der Waals surface area contributed by atoms with Gasteiger partial charge in [-0.3, -0.25) is 3.15 Å². The third kappa shape index (κ3) is 3.26. The molecule has 3 heteroatoms. The van der Waals surface area contributed by atoms with Crippen LogP contribution in [0.2, 0.25) is 0 Å². The van der Waals surface area contributed by atoms with Crippen LogP contribution < -0.4 is 0 Å². The predicted octanol–water partition coefficient (Wildman–Crippen LogP) is 2.12. The van der Waals surface area contributed by atoms with Crippen LogP contribution in [0.25, 0.3) is 0 Å². The highest BCUT2D eigenvalue weighted by Gasteiger charge is 1.37. The van der Waals surface area contributed by atoms with E-state index in [2.05, 4.69) is 21.8 Å². The van der Waals surface area contributed by atoms with Gasteiger partial charge in [0.1, 0.15) is 0 Å². The van der Waals surface area contributed by atoms with E-state index >= 15 is 0 Å². The third-order valence-corrected chi connectivity index (χ3v) is 2.87. The smallest absolute Gasteiger partial charge is 0.0628 e. The van der Waals surface area contributed by atoms with Gasteiger partial charge < -0.3 is 0 Å². The van der Waals surface area contributed by atoms with Crippen LogP contribution in [-0.4, -0.2) is 7.05 Å². The molecule has 0 N–H and O–H groups in total. The second-order valence-electron chi connectivity index (χ2n) is 0.233. The molecule has 0 rings (SSSR count). The zero-order chi connectivity index (χ0) is 3.41. The molecule has 0 unspecified atom stereocenters. The fraction of sp³-hybridized carbons (Fsp3) is 1.00. The van der Waals surface area contributed by atoms with Gasteiger partial charge in [-0.15, -0.1) is 0 Å². The summed E-state index contributed by atoms with van der Waals surface area (Å²) >= 11 is 2.50. The topological polar surface area (TPSA) is 12.4 Å². The monoisotopic (exact) mass is 283 g/mol. The number of nitrogens with zero attached hydrogens (tertiary/aromatic N) is 1. The summed E-state index contributed by atoms with van der Waals surface area (Å²) in [4.78, 5) is 0. The largest absolute Gasteiger partial charge is 0.256 e. The summed E-state index contributed by atoms with van der Waals surface area (Å²) in [5.41, 5.74) is 0. The fourth-order valence-electron chi connectivity index (χ4n) is 0. The summed E-state index contributed by atoms with van der Waals surface area (Å²) in [6.45, 7) is 0. The molecule has 0 saturated carbocycles. The molecule has 0 saturated heterocycles. The number of rotatable bonds is 0. The Morgan fingerprint density at radius 3 is 2.25 bits per heavy atom. The SMILES string of the molecule is CN=II. The number of hydrogen-bond donors (Lipinski definition) is 0. The summed E-state index contributed by atoms with van der Waals surface area (Å²) in [5.74, 6) is 0. The molecule has 0 aromatic carbocycles. The summed E-state index contributed by atoms with van der Waals surface area (Å²) in [5, 5.41) is 0. The predicted molar refractivity (Wildman–Crippen MR) is 36.4 cm³/mol. The van der Waals surface area contributed by atoms with Gasteiger partial charge in [0, 0.05) is 25.7 Å². The highest BCUT2D eigenvalue weighted by atomic mass is 128. The van der Waals surface area contributed by atoms with Crippen LogP contribution in [0, 0.1) is 0 Å².